The summed E-state index contributed by atoms with van der Waals surface area (Å²) >= 11 is 3.39. The van der Waals surface area contributed by atoms with Crippen LogP contribution in [0.3, 0.4) is 0 Å². The minimum atomic E-state index is -0.405. The minimum Gasteiger partial charge on any atom is -0.387 e. The first kappa shape index (κ1) is 12.7. The lowest BCUT2D eigenvalue weighted by atomic mass is 10.1. The Bertz CT molecular complexity index is 323. The number of nitrogens with zero attached hydrogens (tertiary/aromatic N) is 2. The van der Waals surface area contributed by atoms with Crippen molar-refractivity contribution in [3.8, 4) is 0 Å². The fourth-order valence-electron chi connectivity index (χ4n) is 1.67. The summed E-state index contributed by atoms with van der Waals surface area (Å²) in [5.41, 5.74) is 0.892. The molecule has 0 radical (unpaired) electrons. The second-order valence-corrected chi connectivity index (χ2v) is 4.66. The predicted molar refractivity (Wildman–Crippen MR) is 64.7 cm³/mol. The van der Waals surface area contributed by atoms with Crippen molar-refractivity contribution < 1.29 is 5.11 Å². The van der Waals surface area contributed by atoms with Gasteiger partial charge in [0.05, 0.1) is 11.8 Å². The van der Waals surface area contributed by atoms with E-state index in [9.17, 15) is 5.11 Å². The molecular formula is C11H19BrN2O. The normalized spacial score (nSPS) is 13.1. The lowest BCUT2D eigenvalue weighted by Crippen LogP contribution is -2.05. The van der Waals surface area contributed by atoms with Crippen LogP contribution in [0.2, 0.25) is 0 Å². The first-order valence-corrected chi connectivity index (χ1v) is 6.24. The number of aryl methyl sites for hydroxylation is 1. The van der Waals surface area contributed by atoms with E-state index in [0.29, 0.717) is 0 Å². The summed E-state index contributed by atoms with van der Waals surface area (Å²) in [6, 6.07) is 0. The van der Waals surface area contributed by atoms with Gasteiger partial charge < -0.3 is 9.67 Å². The molecule has 0 fully saturated rings. The molecule has 0 bridgehead atoms. The molecule has 86 valence electrons. The molecule has 0 saturated carbocycles. The van der Waals surface area contributed by atoms with Gasteiger partial charge in [-0.1, -0.05) is 26.2 Å². The summed E-state index contributed by atoms with van der Waals surface area (Å²) in [6.45, 7) is 4.10. The number of aromatic nitrogens is 2. The third-order valence-electron chi connectivity index (χ3n) is 2.71. The number of halogens is 1. The second-order valence-electron chi connectivity index (χ2n) is 3.91. The lowest BCUT2D eigenvalue weighted by Gasteiger charge is -2.12. The molecular weight excluding hydrogens is 256 g/mol. The first-order chi connectivity index (χ1) is 7.07. The van der Waals surface area contributed by atoms with E-state index >= 15 is 0 Å². The molecule has 3 nitrogen and oxygen atoms in total. The first-order valence-electron chi connectivity index (χ1n) is 5.44. The fraction of sp³-hybridized carbons (Fsp3) is 0.727. The summed E-state index contributed by atoms with van der Waals surface area (Å²) in [5.74, 6) is 0.923. The zero-order chi connectivity index (χ0) is 11.4. The van der Waals surface area contributed by atoms with E-state index in [4.69, 9.17) is 0 Å². The maximum Gasteiger partial charge on any atom is 0.130 e. The van der Waals surface area contributed by atoms with Crippen molar-refractivity contribution >= 4 is 15.9 Å². The van der Waals surface area contributed by atoms with Crippen LogP contribution < -0.4 is 0 Å². The monoisotopic (exact) mass is 274 g/mol. The third-order valence-corrected chi connectivity index (χ3v) is 3.30. The summed E-state index contributed by atoms with van der Waals surface area (Å²) in [4.78, 5) is 4.28. The quantitative estimate of drug-likeness (QED) is 0.838. The van der Waals surface area contributed by atoms with Gasteiger partial charge in [0.1, 0.15) is 10.4 Å². The fourth-order valence-corrected chi connectivity index (χ4v) is 2.46. The van der Waals surface area contributed by atoms with Gasteiger partial charge in [-0.25, -0.2) is 4.98 Å². The molecule has 1 rings (SSSR count). The van der Waals surface area contributed by atoms with E-state index in [0.717, 1.165) is 29.0 Å². The highest BCUT2D eigenvalue weighted by molar-refractivity contribution is 9.10. The Labute approximate surface area is 99.7 Å². The highest BCUT2D eigenvalue weighted by Crippen LogP contribution is 2.27. The van der Waals surface area contributed by atoms with Gasteiger partial charge in [-0.2, -0.15) is 0 Å². The van der Waals surface area contributed by atoms with Crippen LogP contribution in [-0.4, -0.2) is 14.7 Å². The van der Waals surface area contributed by atoms with Gasteiger partial charge in [0, 0.05) is 7.05 Å². The van der Waals surface area contributed by atoms with Crippen molar-refractivity contribution in [1.82, 2.24) is 9.55 Å². The summed E-state index contributed by atoms with van der Waals surface area (Å²) in [5, 5.41) is 10.0. The number of hydrogen-bond acceptors (Lipinski definition) is 2. The van der Waals surface area contributed by atoms with Crippen molar-refractivity contribution in [3.63, 3.8) is 0 Å². The number of aliphatic hydroxyl groups is 1. The molecule has 1 N–H and O–H groups in total. The van der Waals surface area contributed by atoms with E-state index < -0.39 is 6.10 Å². The number of imidazole rings is 1. The molecule has 1 aromatic rings. The van der Waals surface area contributed by atoms with Crippen LogP contribution >= 0.6 is 15.9 Å². The second kappa shape index (κ2) is 5.66. The van der Waals surface area contributed by atoms with Crippen molar-refractivity contribution in [2.24, 2.45) is 7.05 Å². The molecule has 15 heavy (non-hydrogen) atoms. The van der Waals surface area contributed by atoms with Gasteiger partial charge in [-0.05, 0) is 29.3 Å². The van der Waals surface area contributed by atoms with Crippen LogP contribution in [-0.2, 0) is 7.05 Å². The van der Waals surface area contributed by atoms with Gasteiger partial charge in [-0.15, -0.1) is 0 Å². The summed E-state index contributed by atoms with van der Waals surface area (Å²) < 4.78 is 2.72. The standard InChI is InChI=1S/C11H19BrN2O/c1-4-5-6-7-9(15)10-11(12)13-8(2)14(10)3/h9,15H,4-7H2,1-3H3/t9-/m1/s1. The van der Waals surface area contributed by atoms with E-state index in [1.807, 2.05) is 18.5 Å². The Morgan fingerprint density at radius 3 is 2.60 bits per heavy atom. The average Bonchev–Trinajstić information content (AvgIpc) is 2.41. The van der Waals surface area contributed by atoms with Crippen LogP contribution in [0.25, 0.3) is 0 Å². The van der Waals surface area contributed by atoms with E-state index in [2.05, 4.69) is 27.8 Å². The predicted octanol–water partition coefficient (Wildman–Crippen LogP) is 3.10. The molecule has 1 atom stereocenters. The van der Waals surface area contributed by atoms with Crippen molar-refractivity contribution in [1.29, 1.82) is 0 Å². The Morgan fingerprint density at radius 1 is 1.47 bits per heavy atom. The van der Waals surface area contributed by atoms with Crippen molar-refractivity contribution in [3.05, 3.63) is 16.1 Å². The average molecular weight is 275 g/mol. The van der Waals surface area contributed by atoms with Gasteiger partial charge in [0.15, 0.2) is 0 Å². The topological polar surface area (TPSA) is 38.1 Å². The third kappa shape index (κ3) is 3.05. The van der Waals surface area contributed by atoms with Gasteiger partial charge >= 0.3 is 0 Å². The van der Waals surface area contributed by atoms with Crippen LogP contribution in [0.4, 0.5) is 0 Å². The molecule has 0 aliphatic rings. The largest absolute Gasteiger partial charge is 0.387 e. The number of aliphatic hydroxyl groups excluding tert-OH is 1. The molecule has 0 unspecified atom stereocenters. The Kier molecular flexibility index (Phi) is 4.80. The number of unbranched alkanes of at least 4 members (excludes halogenated alkanes) is 2. The highest BCUT2D eigenvalue weighted by atomic mass is 79.9. The molecule has 4 heteroatoms. The summed E-state index contributed by atoms with van der Waals surface area (Å²) in [6.07, 6.45) is 3.82. The number of rotatable bonds is 5. The molecule has 1 aromatic heterocycles. The van der Waals surface area contributed by atoms with E-state index in [1.165, 1.54) is 12.8 Å². The minimum absolute atomic E-state index is 0.405. The van der Waals surface area contributed by atoms with Gasteiger partial charge in [-0.3, -0.25) is 0 Å². The Morgan fingerprint density at radius 2 is 2.13 bits per heavy atom. The van der Waals surface area contributed by atoms with Gasteiger partial charge in [0.2, 0.25) is 0 Å². The van der Waals surface area contributed by atoms with Crippen LogP contribution in [0.1, 0.15) is 50.2 Å². The SMILES string of the molecule is CCCCC[C@@H](O)c1c(Br)nc(C)n1C. The van der Waals surface area contributed by atoms with E-state index in [1.54, 1.807) is 0 Å². The summed E-state index contributed by atoms with van der Waals surface area (Å²) in [7, 11) is 1.94. The van der Waals surface area contributed by atoms with Crippen LogP contribution in [0.15, 0.2) is 4.60 Å². The molecule has 1 heterocycles. The van der Waals surface area contributed by atoms with Crippen molar-refractivity contribution in [2.45, 2.75) is 45.6 Å². The zero-order valence-electron chi connectivity index (χ0n) is 9.63. The molecule has 0 saturated heterocycles. The maximum absolute atomic E-state index is 10.0. The van der Waals surface area contributed by atoms with Crippen molar-refractivity contribution in [2.75, 3.05) is 0 Å². The van der Waals surface area contributed by atoms with Crippen LogP contribution in [0, 0.1) is 6.92 Å². The molecule has 0 aliphatic heterocycles. The zero-order valence-corrected chi connectivity index (χ0v) is 11.2. The molecule has 0 aliphatic carbocycles. The highest BCUT2D eigenvalue weighted by Gasteiger charge is 2.17. The Hall–Kier alpha value is -0.350. The smallest absolute Gasteiger partial charge is 0.130 e. The maximum atomic E-state index is 10.0. The van der Waals surface area contributed by atoms with E-state index in [-0.39, 0.29) is 0 Å². The van der Waals surface area contributed by atoms with Gasteiger partial charge in [0.25, 0.3) is 0 Å². The van der Waals surface area contributed by atoms with Crippen LogP contribution in [0.5, 0.6) is 0 Å². The molecule has 0 aromatic carbocycles. The molecule has 0 amide bonds. The number of hydrogen-bond donors (Lipinski definition) is 1. The Balaban J connectivity index is 2.68. The molecule has 0 spiro atoms. The lowest BCUT2D eigenvalue weighted by molar-refractivity contribution is 0.154.